The van der Waals surface area contributed by atoms with Gasteiger partial charge in [0.1, 0.15) is 0 Å². The van der Waals surface area contributed by atoms with Crippen molar-refractivity contribution in [3.63, 3.8) is 0 Å². The van der Waals surface area contributed by atoms with Crippen LogP contribution in [-0.4, -0.2) is 4.57 Å². The van der Waals surface area contributed by atoms with Crippen LogP contribution in [0.25, 0.3) is 10.9 Å². The van der Waals surface area contributed by atoms with Gasteiger partial charge in [-0.2, -0.15) is 5.26 Å². The fraction of sp³-hybridized carbons (Fsp3) is 0.0625. The number of hydrogen-bond donors (Lipinski definition) is 0. The van der Waals surface area contributed by atoms with E-state index in [2.05, 4.69) is 16.7 Å². The molecule has 19 heavy (non-hydrogen) atoms. The Morgan fingerprint density at radius 1 is 1.11 bits per heavy atom. The monoisotopic (exact) mass is 266 g/mol. The minimum Gasteiger partial charge on any atom is -0.343 e. The summed E-state index contributed by atoms with van der Waals surface area (Å²) >= 11 is 6.04. The molecule has 0 saturated carbocycles. The molecule has 0 aliphatic heterocycles. The van der Waals surface area contributed by atoms with Gasteiger partial charge >= 0.3 is 0 Å². The minimum atomic E-state index is 0.674. The third-order valence-electron chi connectivity index (χ3n) is 3.21. The summed E-state index contributed by atoms with van der Waals surface area (Å²) < 4.78 is 2.11. The van der Waals surface area contributed by atoms with Crippen molar-refractivity contribution in [1.82, 2.24) is 4.57 Å². The van der Waals surface area contributed by atoms with E-state index in [0.717, 1.165) is 21.5 Å². The number of fused-ring (bicyclic) bond motifs is 1. The fourth-order valence-corrected chi connectivity index (χ4v) is 2.41. The summed E-state index contributed by atoms with van der Waals surface area (Å²) in [6, 6.07) is 17.8. The van der Waals surface area contributed by atoms with Crippen molar-refractivity contribution in [3.8, 4) is 6.07 Å². The summed E-state index contributed by atoms with van der Waals surface area (Å²) in [5.41, 5.74) is 2.81. The largest absolute Gasteiger partial charge is 0.343 e. The normalized spacial score (nSPS) is 10.5. The molecule has 0 unspecified atom stereocenters. The van der Waals surface area contributed by atoms with Crippen LogP contribution < -0.4 is 0 Å². The predicted molar refractivity (Wildman–Crippen MR) is 77.2 cm³/mol. The van der Waals surface area contributed by atoms with Crippen molar-refractivity contribution in [1.29, 1.82) is 5.26 Å². The smallest absolute Gasteiger partial charge is 0.0995 e. The average Bonchev–Trinajstić information content (AvgIpc) is 2.82. The van der Waals surface area contributed by atoms with Gasteiger partial charge in [-0.3, -0.25) is 0 Å². The van der Waals surface area contributed by atoms with Gasteiger partial charge in [0.15, 0.2) is 0 Å². The van der Waals surface area contributed by atoms with E-state index in [1.54, 1.807) is 0 Å². The minimum absolute atomic E-state index is 0.674. The van der Waals surface area contributed by atoms with E-state index in [9.17, 15) is 0 Å². The highest BCUT2D eigenvalue weighted by atomic mass is 35.5. The van der Waals surface area contributed by atoms with Gasteiger partial charge in [0, 0.05) is 23.3 Å². The first-order valence-corrected chi connectivity index (χ1v) is 6.38. The van der Waals surface area contributed by atoms with E-state index in [-0.39, 0.29) is 0 Å². The highest BCUT2D eigenvalue weighted by Gasteiger charge is 2.05. The lowest BCUT2D eigenvalue weighted by Crippen LogP contribution is -2.00. The summed E-state index contributed by atoms with van der Waals surface area (Å²) in [6.45, 7) is 0.674. The molecule has 0 spiro atoms. The number of aromatic nitrogens is 1. The molecule has 2 nitrogen and oxygen atoms in total. The van der Waals surface area contributed by atoms with E-state index in [4.69, 9.17) is 16.9 Å². The molecule has 3 rings (SSSR count). The lowest BCUT2D eigenvalue weighted by Gasteiger charge is -2.07. The van der Waals surface area contributed by atoms with E-state index in [1.807, 2.05) is 48.7 Å². The van der Waals surface area contributed by atoms with Crippen LogP contribution in [0.3, 0.4) is 0 Å². The molecule has 0 aliphatic carbocycles. The van der Waals surface area contributed by atoms with Crippen molar-refractivity contribution < 1.29 is 0 Å². The first-order chi connectivity index (χ1) is 9.28. The van der Waals surface area contributed by atoms with Gasteiger partial charge in [-0.1, -0.05) is 35.9 Å². The van der Waals surface area contributed by atoms with E-state index < -0.39 is 0 Å². The Kier molecular flexibility index (Phi) is 2.98. The van der Waals surface area contributed by atoms with Crippen LogP contribution in [0.4, 0.5) is 0 Å². The molecule has 92 valence electrons. The van der Waals surface area contributed by atoms with Crippen molar-refractivity contribution in [2.45, 2.75) is 6.54 Å². The van der Waals surface area contributed by atoms with Gasteiger partial charge in [0.25, 0.3) is 0 Å². The molecule has 0 radical (unpaired) electrons. The molecule has 3 heteroatoms. The third kappa shape index (κ3) is 2.21. The van der Waals surface area contributed by atoms with Gasteiger partial charge < -0.3 is 4.57 Å². The number of hydrogen-bond acceptors (Lipinski definition) is 1. The van der Waals surface area contributed by atoms with E-state index >= 15 is 0 Å². The Morgan fingerprint density at radius 3 is 2.79 bits per heavy atom. The average molecular weight is 267 g/mol. The van der Waals surface area contributed by atoms with Crippen molar-refractivity contribution >= 4 is 22.5 Å². The lowest BCUT2D eigenvalue weighted by atomic mass is 10.1. The number of nitrogens with zero attached hydrogens (tertiary/aromatic N) is 2. The summed E-state index contributed by atoms with van der Waals surface area (Å²) in [4.78, 5) is 0. The second-order valence-corrected chi connectivity index (χ2v) is 4.85. The molecule has 0 bridgehead atoms. The molecule has 1 heterocycles. The number of rotatable bonds is 2. The zero-order valence-electron chi connectivity index (χ0n) is 10.2. The topological polar surface area (TPSA) is 28.7 Å². The van der Waals surface area contributed by atoms with Crippen LogP contribution in [0.15, 0.2) is 54.7 Å². The Morgan fingerprint density at radius 2 is 1.95 bits per heavy atom. The molecule has 2 aromatic carbocycles. The molecule has 3 aromatic rings. The molecule has 0 aliphatic rings. The quantitative estimate of drug-likeness (QED) is 0.683. The highest BCUT2D eigenvalue weighted by molar-refractivity contribution is 6.31. The molecule has 0 fully saturated rings. The summed E-state index contributed by atoms with van der Waals surface area (Å²) in [7, 11) is 0. The van der Waals surface area contributed by atoms with Gasteiger partial charge in [-0.05, 0) is 35.2 Å². The van der Waals surface area contributed by atoms with Crippen molar-refractivity contribution in [3.05, 3.63) is 70.9 Å². The predicted octanol–water partition coefficient (Wildman–Crippen LogP) is 4.21. The SMILES string of the molecule is N#Cc1ccccc1Cn1ccc2ccc(Cl)cc21. The first kappa shape index (κ1) is 11.8. The second-order valence-electron chi connectivity index (χ2n) is 4.42. The Bertz CT molecular complexity index is 781. The fourth-order valence-electron chi connectivity index (χ4n) is 2.25. The maximum Gasteiger partial charge on any atom is 0.0995 e. The van der Waals surface area contributed by atoms with Crippen LogP contribution >= 0.6 is 11.6 Å². The van der Waals surface area contributed by atoms with Crippen molar-refractivity contribution in [2.24, 2.45) is 0 Å². The highest BCUT2D eigenvalue weighted by Crippen LogP contribution is 2.22. The second kappa shape index (κ2) is 4.79. The maximum atomic E-state index is 9.12. The first-order valence-electron chi connectivity index (χ1n) is 6.00. The third-order valence-corrected chi connectivity index (χ3v) is 3.45. The molecule has 0 atom stereocenters. The van der Waals surface area contributed by atoms with Crippen LogP contribution in [0, 0.1) is 11.3 Å². The van der Waals surface area contributed by atoms with E-state index in [1.165, 1.54) is 0 Å². The standard InChI is InChI=1S/C16H11ClN2/c17-15-6-5-12-7-8-19(16(12)9-15)11-14-4-2-1-3-13(14)10-18/h1-9H,11H2. The van der Waals surface area contributed by atoms with Crippen LogP contribution in [0.2, 0.25) is 5.02 Å². The molecule has 1 aromatic heterocycles. The van der Waals surface area contributed by atoms with Crippen LogP contribution in [-0.2, 0) is 6.54 Å². The van der Waals surface area contributed by atoms with Gasteiger partial charge in [-0.25, -0.2) is 0 Å². The van der Waals surface area contributed by atoms with E-state index in [0.29, 0.717) is 12.1 Å². The summed E-state index contributed by atoms with van der Waals surface area (Å²) in [5, 5.41) is 11.0. The number of benzene rings is 2. The Hall–Kier alpha value is -2.24. The maximum absolute atomic E-state index is 9.12. The van der Waals surface area contributed by atoms with Gasteiger partial charge in [0.05, 0.1) is 11.6 Å². The van der Waals surface area contributed by atoms with Crippen LogP contribution in [0.5, 0.6) is 0 Å². The molecular weight excluding hydrogens is 256 g/mol. The number of nitriles is 1. The Labute approximate surface area is 116 Å². The molecular formula is C16H11ClN2. The van der Waals surface area contributed by atoms with Gasteiger partial charge in [-0.15, -0.1) is 0 Å². The van der Waals surface area contributed by atoms with Crippen molar-refractivity contribution in [2.75, 3.05) is 0 Å². The Balaban J connectivity index is 2.06. The lowest BCUT2D eigenvalue weighted by molar-refractivity contribution is 0.834. The summed E-state index contributed by atoms with van der Waals surface area (Å²) in [5.74, 6) is 0. The summed E-state index contributed by atoms with van der Waals surface area (Å²) in [6.07, 6.45) is 2.02. The molecule has 0 N–H and O–H groups in total. The van der Waals surface area contributed by atoms with Gasteiger partial charge in [0.2, 0.25) is 0 Å². The number of halogens is 1. The zero-order valence-corrected chi connectivity index (χ0v) is 10.9. The zero-order chi connectivity index (χ0) is 13.2. The van der Waals surface area contributed by atoms with Crippen LogP contribution in [0.1, 0.15) is 11.1 Å². The molecule has 0 saturated heterocycles. The molecule has 0 amide bonds.